The van der Waals surface area contributed by atoms with Crippen LogP contribution in [0.4, 0.5) is 5.82 Å². The van der Waals surface area contributed by atoms with Gasteiger partial charge in [-0.25, -0.2) is 4.98 Å². The second-order valence-corrected chi connectivity index (χ2v) is 9.91. The summed E-state index contributed by atoms with van der Waals surface area (Å²) in [6, 6.07) is 18.2. The Hall–Kier alpha value is -3.69. The van der Waals surface area contributed by atoms with E-state index in [0.29, 0.717) is 23.8 Å². The lowest BCUT2D eigenvalue weighted by atomic mass is 10.0. The van der Waals surface area contributed by atoms with Crippen molar-refractivity contribution < 1.29 is 8.76 Å². The molecule has 33 heavy (non-hydrogen) atoms. The van der Waals surface area contributed by atoms with Gasteiger partial charge in [0.2, 0.25) is 5.65 Å². The molecule has 1 unspecified atom stereocenters. The van der Waals surface area contributed by atoms with Gasteiger partial charge < -0.3 is 9.87 Å². The molecule has 0 bridgehead atoms. The van der Waals surface area contributed by atoms with Gasteiger partial charge >= 0.3 is 5.03 Å². The molecule has 9 heteroatoms. The van der Waals surface area contributed by atoms with Crippen LogP contribution < -0.4 is 5.32 Å². The molecule has 1 atom stereocenters. The van der Waals surface area contributed by atoms with Gasteiger partial charge in [0.15, 0.2) is 4.90 Å². The quantitative estimate of drug-likeness (QED) is 0.374. The van der Waals surface area contributed by atoms with Gasteiger partial charge in [-0.3, -0.25) is 4.98 Å². The first kappa shape index (κ1) is 21.2. The van der Waals surface area contributed by atoms with Gasteiger partial charge in [0, 0.05) is 24.3 Å². The Labute approximate surface area is 192 Å². The van der Waals surface area contributed by atoms with Crippen molar-refractivity contribution in [2.75, 3.05) is 5.32 Å². The number of para-hydroxylation sites is 1. The minimum Gasteiger partial charge on any atom is -0.604 e. The third-order valence-corrected chi connectivity index (χ3v) is 7.21. The average Bonchev–Trinajstić information content (AvgIpc) is 3.28. The predicted octanol–water partition coefficient (Wildman–Crippen LogP) is 4.46. The van der Waals surface area contributed by atoms with E-state index in [9.17, 15) is 8.76 Å². The van der Waals surface area contributed by atoms with Gasteiger partial charge in [0.05, 0.1) is 5.52 Å². The van der Waals surface area contributed by atoms with Crippen LogP contribution in [0, 0.1) is 0 Å². The van der Waals surface area contributed by atoms with Crippen molar-refractivity contribution in [3.8, 4) is 0 Å². The highest BCUT2D eigenvalue weighted by Crippen LogP contribution is 2.31. The van der Waals surface area contributed by atoms with Gasteiger partial charge in [0.25, 0.3) is 0 Å². The second kappa shape index (κ2) is 8.34. The first-order valence-electron chi connectivity index (χ1n) is 10.6. The van der Waals surface area contributed by atoms with Crippen LogP contribution in [0.2, 0.25) is 0 Å². The number of rotatable bonds is 6. The average molecular weight is 459 g/mol. The third kappa shape index (κ3) is 3.85. The van der Waals surface area contributed by atoms with Crippen molar-refractivity contribution in [3.63, 3.8) is 0 Å². The molecule has 2 aromatic carbocycles. The van der Waals surface area contributed by atoms with Crippen molar-refractivity contribution in [1.29, 1.82) is 0 Å². The molecule has 166 valence electrons. The molecule has 3 heterocycles. The minimum absolute atomic E-state index is 0.163. The number of hydrogen-bond donors (Lipinski definition) is 1. The SMILES string of the molecule is CC(C)c1ccc([S+](=O)([O-])c2nnn3c2nc(NCc2ccncc2)c2ccccc23)cc1. The third-order valence-electron chi connectivity index (χ3n) is 5.54. The van der Waals surface area contributed by atoms with E-state index in [1.54, 1.807) is 24.5 Å². The highest BCUT2D eigenvalue weighted by molar-refractivity contribution is 7.97. The van der Waals surface area contributed by atoms with Crippen molar-refractivity contribution >= 4 is 32.6 Å². The van der Waals surface area contributed by atoms with Gasteiger partial charge in [0.1, 0.15) is 16.0 Å². The number of hydrogen-bond acceptors (Lipinski definition) is 7. The summed E-state index contributed by atoms with van der Waals surface area (Å²) in [5, 5.41) is 12.1. The molecule has 0 radical (unpaired) electrons. The number of benzene rings is 2. The molecule has 0 amide bonds. The highest BCUT2D eigenvalue weighted by Gasteiger charge is 2.32. The summed E-state index contributed by atoms with van der Waals surface area (Å²) in [6.45, 7) is 4.63. The number of nitrogens with zero attached hydrogens (tertiary/aromatic N) is 5. The van der Waals surface area contributed by atoms with Crippen LogP contribution in [-0.2, 0) is 21.0 Å². The van der Waals surface area contributed by atoms with Crippen molar-refractivity contribution in [2.24, 2.45) is 0 Å². The summed E-state index contributed by atoms with van der Waals surface area (Å²) in [6.07, 6.45) is 3.45. The lowest BCUT2D eigenvalue weighted by molar-refractivity contribution is 0.475. The number of fused-ring (bicyclic) bond motifs is 3. The Bertz CT molecular complexity index is 1480. The molecule has 0 saturated heterocycles. The number of pyridine rings is 1. The van der Waals surface area contributed by atoms with Gasteiger partial charge in [-0.1, -0.05) is 52.6 Å². The molecular weight excluding hydrogens is 436 g/mol. The zero-order chi connectivity index (χ0) is 23.0. The highest BCUT2D eigenvalue weighted by atomic mass is 32.3. The Morgan fingerprint density at radius 3 is 2.48 bits per heavy atom. The van der Waals surface area contributed by atoms with E-state index in [2.05, 4.69) is 39.4 Å². The molecule has 1 N–H and O–H groups in total. The molecule has 0 spiro atoms. The zero-order valence-electron chi connectivity index (χ0n) is 18.2. The lowest BCUT2D eigenvalue weighted by Crippen LogP contribution is -2.13. The monoisotopic (exact) mass is 458 g/mol. The van der Waals surface area contributed by atoms with E-state index >= 15 is 0 Å². The van der Waals surface area contributed by atoms with Gasteiger partial charge in [-0.05, 0) is 53.4 Å². The van der Waals surface area contributed by atoms with Gasteiger partial charge in [-0.15, -0.1) is 0 Å². The van der Waals surface area contributed by atoms with Crippen molar-refractivity contribution in [3.05, 3.63) is 84.2 Å². The first-order chi connectivity index (χ1) is 15.9. The minimum atomic E-state index is -3.91. The maximum atomic E-state index is 13.4. The zero-order valence-corrected chi connectivity index (χ0v) is 19.0. The number of anilines is 1. The molecule has 5 aromatic rings. The van der Waals surface area contributed by atoms with Gasteiger partial charge in [-0.2, -0.15) is 4.52 Å². The fourth-order valence-electron chi connectivity index (χ4n) is 3.68. The van der Waals surface area contributed by atoms with Crippen LogP contribution in [0.3, 0.4) is 0 Å². The topological polar surface area (TPSA) is 108 Å². The fraction of sp³-hybridized carbons (Fsp3) is 0.167. The summed E-state index contributed by atoms with van der Waals surface area (Å²) < 4.78 is 28.3. The lowest BCUT2D eigenvalue weighted by Gasteiger charge is -2.14. The predicted molar refractivity (Wildman–Crippen MR) is 126 cm³/mol. The van der Waals surface area contributed by atoms with Crippen LogP contribution in [0.1, 0.15) is 30.9 Å². The summed E-state index contributed by atoms with van der Waals surface area (Å²) in [7, 11) is -3.91. The molecule has 3 aromatic heterocycles. The Morgan fingerprint density at radius 1 is 1.03 bits per heavy atom. The molecule has 8 nitrogen and oxygen atoms in total. The molecule has 5 rings (SSSR count). The number of aromatic nitrogens is 5. The normalized spacial score (nSPS) is 13.5. The Balaban J connectivity index is 1.62. The smallest absolute Gasteiger partial charge is 0.317 e. The summed E-state index contributed by atoms with van der Waals surface area (Å²) in [5.41, 5.74) is 2.98. The maximum Gasteiger partial charge on any atom is 0.317 e. The first-order valence-corrected chi connectivity index (χ1v) is 12.1. The van der Waals surface area contributed by atoms with E-state index in [4.69, 9.17) is 0 Å². The van der Waals surface area contributed by atoms with Crippen LogP contribution in [0.15, 0.2) is 83.0 Å². The second-order valence-electron chi connectivity index (χ2n) is 8.04. The molecule has 0 aliphatic carbocycles. The van der Waals surface area contributed by atoms with Crippen LogP contribution in [0.25, 0.3) is 16.6 Å². The van der Waals surface area contributed by atoms with Crippen LogP contribution in [-0.4, -0.2) is 29.3 Å². The molecule has 0 aliphatic rings. The summed E-state index contributed by atoms with van der Waals surface area (Å²) in [5.74, 6) is 0.864. The number of sulfone groups is 1. The Kier molecular flexibility index (Phi) is 5.35. The van der Waals surface area contributed by atoms with Crippen molar-refractivity contribution in [1.82, 2.24) is 24.8 Å². The molecular formula is C24H22N6O2S. The largest absolute Gasteiger partial charge is 0.604 e. The standard InChI is InChI=1S/C24H22N6O2S/c1-16(2)18-7-9-19(10-8-18)33(31,32)24-23-27-22(26-15-17-11-13-25-14-12-17)20-5-3-4-6-21(20)30(23)29-28-24/h3-14,16H,15H2,1-2H3,(H-,26,27,31,32). The fourth-order valence-corrected chi connectivity index (χ4v) is 4.92. The van der Waals surface area contributed by atoms with Crippen molar-refractivity contribution in [2.45, 2.75) is 36.2 Å². The maximum absolute atomic E-state index is 13.4. The van der Waals surface area contributed by atoms with E-state index in [0.717, 1.165) is 16.5 Å². The van der Waals surface area contributed by atoms with E-state index in [-0.39, 0.29) is 15.6 Å². The molecule has 0 saturated carbocycles. The van der Waals surface area contributed by atoms with E-state index in [1.165, 1.54) is 4.52 Å². The van der Waals surface area contributed by atoms with Crippen LogP contribution >= 0.6 is 0 Å². The summed E-state index contributed by atoms with van der Waals surface area (Å²) >= 11 is 0. The number of nitrogens with one attached hydrogen (secondary N) is 1. The van der Waals surface area contributed by atoms with E-state index in [1.807, 2.05) is 48.5 Å². The molecule has 0 fully saturated rings. The summed E-state index contributed by atoms with van der Waals surface area (Å²) in [4.78, 5) is 8.85. The van der Waals surface area contributed by atoms with Crippen LogP contribution in [0.5, 0.6) is 0 Å². The van der Waals surface area contributed by atoms with E-state index < -0.39 is 10.2 Å². The Morgan fingerprint density at radius 2 is 1.76 bits per heavy atom. The molecule has 0 aliphatic heterocycles.